The topological polar surface area (TPSA) is 141 Å². The molecule has 0 fully saturated rings. The predicted molar refractivity (Wildman–Crippen MR) is 121 cm³/mol. The normalized spacial score (nSPS) is 15.2. The van der Waals surface area contributed by atoms with Crippen molar-refractivity contribution < 1.29 is 34.7 Å². The molecule has 8 heteroatoms. The molecule has 8 nitrogen and oxygen atoms in total. The van der Waals surface area contributed by atoms with E-state index in [4.69, 9.17) is 13.9 Å². The Balaban J connectivity index is 0.00000289. The van der Waals surface area contributed by atoms with Crippen LogP contribution in [-0.4, -0.2) is 39.1 Å². The van der Waals surface area contributed by atoms with Gasteiger partial charge in [0.05, 0.1) is 18.1 Å². The van der Waals surface area contributed by atoms with Crippen LogP contribution in [0.25, 0.3) is 21.9 Å². The predicted octanol–water partition coefficient (Wildman–Crippen LogP) is 3.35. The first-order valence-electron chi connectivity index (χ1n) is 10.4. The minimum absolute atomic E-state index is 0. The lowest BCUT2D eigenvalue weighted by molar-refractivity contribution is 0.0713. The van der Waals surface area contributed by atoms with Gasteiger partial charge in [-0.3, -0.25) is 4.79 Å². The van der Waals surface area contributed by atoms with Crippen LogP contribution in [0.2, 0.25) is 0 Å². The third kappa shape index (κ3) is 3.96. The SMILES string of the molecule is COc1c(O)cc2oc3cc(O)c4c(c3c(=O)c2c1CCC(C)(C)O)OC(C)(C)CC4.O. The summed E-state index contributed by atoms with van der Waals surface area (Å²) in [5.74, 6) is 0.364. The summed E-state index contributed by atoms with van der Waals surface area (Å²) in [5.41, 5.74) is -0.382. The van der Waals surface area contributed by atoms with Crippen LogP contribution in [-0.2, 0) is 12.8 Å². The van der Waals surface area contributed by atoms with E-state index in [1.165, 1.54) is 19.2 Å². The monoisotopic (exact) mass is 446 g/mol. The zero-order chi connectivity index (χ0) is 22.7. The van der Waals surface area contributed by atoms with Gasteiger partial charge in [-0.25, -0.2) is 0 Å². The lowest BCUT2D eigenvalue weighted by Crippen LogP contribution is -2.33. The Morgan fingerprint density at radius 2 is 1.75 bits per heavy atom. The summed E-state index contributed by atoms with van der Waals surface area (Å²) in [7, 11) is 1.42. The van der Waals surface area contributed by atoms with Crippen LogP contribution in [0.4, 0.5) is 0 Å². The molecule has 0 atom stereocenters. The summed E-state index contributed by atoms with van der Waals surface area (Å²) in [6.45, 7) is 7.23. The van der Waals surface area contributed by atoms with Crippen LogP contribution in [0.1, 0.15) is 51.7 Å². The van der Waals surface area contributed by atoms with E-state index in [-0.39, 0.29) is 50.1 Å². The summed E-state index contributed by atoms with van der Waals surface area (Å²) in [6.07, 6.45) is 1.92. The quantitative estimate of drug-likeness (QED) is 0.522. The van der Waals surface area contributed by atoms with E-state index in [2.05, 4.69) is 0 Å². The molecular weight excluding hydrogens is 416 g/mol. The van der Waals surface area contributed by atoms with E-state index in [0.717, 1.165) is 0 Å². The number of aryl methyl sites for hydroxylation is 1. The molecule has 0 amide bonds. The fraction of sp³-hybridized carbons (Fsp3) is 0.458. The number of phenolic OH excluding ortho intramolecular Hbond substituents is 2. The maximum Gasteiger partial charge on any atom is 0.204 e. The molecular formula is C24H30O8. The van der Waals surface area contributed by atoms with E-state index in [0.29, 0.717) is 42.6 Å². The second kappa shape index (κ2) is 7.86. The Morgan fingerprint density at radius 3 is 2.38 bits per heavy atom. The first-order chi connectivity index (χ1) is 14.4. The van der Waals surface area contributed by atoms with Crippen molar-refractivity contribution in [3.63, 3.8) is 0 Å². The van der Waals surface area contributed by atoms with Crippen molar-refractivity contribution in [3.05, 3.63) is 33.5 Å². The molecule has 1 aliphatic heterocycles. The number of aromatic hydroxyl groups is 2. The molecule has 0 saturated carbocycles. The highest BCUT2D eigenvalue weighted by atomic mass is 16.5. The van der Waals surface area contributed by atoms with Crippen molar-refractivity contribution >= 4 is 21.9 Å². The second-order valence-corrected chi connectivity index (χ2v) is 9.46. The van der Waals surface area contributed by atoms with Crippen molar-refractivity contribution in [3.8, 4) is 23.0 Å². The Morgan fingerprint density at radius 1 is 1.12 bits per heavy atom. The molecule has 0 radical (unpaired) electrons. The van der Waals surface area contributed by atoms with Crippen LogP contribution in [0.3, 0.4) is 0 Å². The molecule has 0 saturated heterocycles. The van der Waals surface area contributed by atoms with Gasteiger partial charge in [0, 0.05) is 23.3 Å². The molecule has 32 heavy (non-hydrogen) atoms. The zero-order valence-electron chi connectivity index (χ0n) is 19.0. The van der Waals surface area contributed by atoms with Gasteiger partial charge in [-0.1, -0.05) is 0 Å². The Bertz CT molecular complexity index is 1250. The van der Waals surface area contributed by atoms with E-state index in [1.54, 1.807) is 13.8 Å². The lowest BCUT2D eigenvalue weighted by atomic mass is 9.91. The number of benzene rings is 2. The van der Waals surface area contributed by atoms with Crippen molar-refractivity contribution in [2.24, 2.45) is 0 Å². The third-order valence-corrected chi connectivity index (χ3v) is 5.87. The number of methoxy groups -OCH3 is 1. The van der Waals surface area contributed by atoms with Gasteiger partial charge in [0.15, 0.2) is 11.5 Å². The average molecular weight is 446 g/mol. The first-order valence-corrected chi connectivity index (χ1v) is 10.4. The highest BCUT2D eigenvalue weighted by Gasteiger charge is 2.32. The molecule has 3 aromatic rings. The molecule has 5 N–H and O–H groups in total. The van der Waals surface area contributed by atoms with Gasteiger partial charge in [-0.2, -0.15) is 0 Å². The Kier molecular flexibility index (Phi) is 5.82. The Labute approximate surface area is 185 Å². The van der Waals surface area contributed by atoms with E-state index < -0.39 is 11.2 Å². The van der Waals surface area contributed by atoms with E-state index in [1.807, 2.05) is 13.8 Å². The fourth-order valence-electron chi connectivity index (χ4n) is 4.21. The molecule has 1 aliphatic rings. The standard InChI is InChI=1S/C24H28O7.H2O/c1-23(2,28)8-6-13-18-16(11-15(26)21(13)29-5)30-17-10-14(25)12-7-9-24(3,4)31-22(12)19(17)20(18)27;/h10-11,25-26,28H,6-9H2,1-5H3;1H2. The number of hydrogen-bond acceptors (Lipinski definition) is 7. The van der Waals surface area contributed by atoms with Crippen molar-refractivity contribution in [2.45, 2.75) is 64.6 Å². The van der Waals surface area contributed by atoms with Gasteiger partial charge >= 0.3 is 0 Å². The van der Waals surface area contributed by atoms with Crippen LogP contribution in [0.15, 0.2) is 21.3 Å². The van der Waals surface area contributed by atoms with Gasteiger partial charge in [-0.15, -0.1) is 0 Å². The largest absolute Gasteiger partial charge is 0.507 e. The van der Waals surface area contributed by atoms with Crippen LogP contribution >= 0.6 is 0 Å². The van der Waals surface area contributed by atoms with Crippen LogP contribution in [0.5, 0.6) is 23.0 Å². The summed E-state index contributed by atoms with van der Waals surface area (Å²) in [5, 5.41) is 31.7. The summed E-state index contributed by atoms with van der Waals surface area (Å²) in [4.78, 5) is 13.8. The number of phenols is 2. The molecule has 1 aromatic heterocycles. The molecule has 0 spiro atoms. The minimum Gasteiger partial charge on any atom is -0.507 e. The van der Waals surface area contributed by atoms with E-state index in [9.17, 15) is 20.1 Å². The number of rotatable bonds is 4. The molecule has 0 aliphatic carbocycles. The Hall–Kier alpha value is -2.97. The van der Waals surface area contributed by atoms with E-state index >= 15 is 0 Å². The number of aliphatic hydroxyl groups is 1. The number of fused-ring (bicyclic) bond motifs is 4. The third-order valence-electron chi connectivity index (χ3n) is 5.87. The van der Waals surface area contributed by atoms with Crippen molar-refractivity contribution in [2.75, 3.05) is 7.11 Å². The average Bonchev–Trinajstić information content (AvgIpc) is 2.64. The summed E-state index contributed by atoms with van der Waals surface area (Å²) < 4.78 is 17.5. The second-order valence-electron chi connectivity index (χ2n) is 9.46. The molecule has 174 valence electrons. The summed E-state index contributed by atoms with van der Waals surface area (Å²) in [6, 6.07) is 2.76. The maximum absolute atomic E-state index is 13.8. The van der Waals surface area contributed by atoms with Crippen molar-refractivity contribution in [1.82, 2.24) is 0 Å². The van der Waals surface area contributed by atoms with Gasteiger partial charge in [-0.05, 0) is 53.4 Å². The molecule has 0 bridgehead atoms. The highest BCUT2D eigenvalue weighted by molar-refractivity contribution is 5.98. The maximum atomic E-state index is 13.8. The zero-order valence-corrected chi connectivity index (χ0v) is 19.0. The molecule has 2 heterocycles. The first kappa shape index (κ1) is 23.7. The highest BCUT2D eigenvalue weighted by Crippen LogP contribution is 2.44. The van der Waals surface area contributed by atoms with Crippen LogP contribution < -0.4 is 14.9 Å². The minimum atomic E-state index is -0.974. The smallest absolute Gasteiger partial charge is 0.204 e. The molecule has 0 unspecified atom stereocenters. The van der Waals surface area contributed by atoms with Crippen molar-refractivity contribution in [1.29, 1.82) is 0 Å². The fourth-order valence-corrected chi connectivity index (χ4v) is 4.21. The molecule has 2 aromatic carbocycles. The summed E-state index contributed by atoms with van der Waals surface area (Å²) >= 11 is 0. The van der Waals surface area contributed by atoms with Gasteiger partial charge in [0.25, 0.3) is 0 Å². The van der Waals surface area contributed by atoms with Gasteiger partial charge in [0.2, 0.25) is 5.43 Å². The number of ether oxygens (including phenoxy) is 2. The van der Waals surface area contributed by atoms with Gasteiger partial charge < -0.3 is 34.7 Å². The van der Waals surface area contributed by atoms with Gasteiger partial charge in [0.1, 0.15) is 33.7 Å². The lowest BCUT2D eigenvalue weighted by Gasteiger charge is -2.33. The number of hydrogen-bond donors (Lipinski definition) is 3. The van der Waals surface area contributed by atoms with Crippen LogP contribution in [0, 0.1) is 0 Å². The molecule has 4 rings (SSSR count).